The number of nitrogens with zero attached hydrogens (tertiary/aromatic N) is 3. The molecule has 1 aromatic carbocycles. The summed E-state index contributed by atoms with van der Waals surface area (Å²) in [4.78, 5) is 12.5. The lowest BCUT2D eigenvalue weighted by molar-refractivity contribution is 0.594. The second-order valence-electron chi connectivity index (χ2n) is 5.17. The van der Waals surface area contributed by atoms with E-state index in [1.54, 1.807) is 24.3 Å². The van der Waals surface area contributed by atoms with Gasteiger partial charge in [-0.1, -0.05) is 0 Å². The van der Waals surface area contributed by atoms with Gasteiger partial charge in [0, 0.05) is 29.7 Å². The van der Waals surface area contributed by atoms with Crippen molar-refractivity contribution < 1.29 is 8.42 Å². The molecule has 3 rings (SSSR count). The summed E-state index contributed by atoms with van der Waals surface area (Å²) in [6.07, 6.45) is 2.86. The molecule has 0 atom stereocenters. The van der Waals surface area contributed by atoms with Gasteiger partial charge in [0.05, 0.1) is 16.3 Å². The molecule has 0 fully saturated rings. The zero-order chi connectivity index (χ0) is 17.2. The van der Waals surface area contributed by atoms with Crippen LogP contribution < -0.4 is 11.5 Å². The lowest BCUT2D eigenvalue weighted by atomic mass is 10.2. The van der Waals surface area contributed by atoms with Gasteiger partial charge in [-0.25, -0.2) is 18.4 Å². The number of hydrogen-bond acceptors (Lipinski definition) is 7. The van der Waals surface area contributed by atoms with Crippen molar-refractivity contribution in [3.05, 3.63) is 60.6 Å². The highest BCUT2D eigenvalue weighted by Gasteiger charge is 2.17. The first-order valence-electron chi connectivity index (χ1n) is 7.06. The minimum Gasteiger partial charge on any atom is -0.399 e. The van der Waals surface area contributed by atoms with Crippen molar-refractivity contribution in [2.45, 2.75) is 10.6 Å². The first kappa shape index (κ1) is 15.9. The van der Waals surface area contributed by atoms with Gasteiger partial charge in [-0.05, 0) is 36.4 Å². The molecule has 3 aromatic rings. The lowest BCUT2D eigenvalue weighted by Gasteiger charge is -2.07. The van der Waals surface area contributed by atoms with Crippen molar-refractivity contribution in [1.82, 2.24) is 15.0 Å². The van der Waals surface area contributed by atoms with E-state index < -0.39 is 9.84 Å². The van der Waals surface area contributed by atoms with Crippen LogP contribution in [0.4, 0.5) is 11.5 Å². The Morgan fingerprint density at radius 3 is 2.25 bits per heavy atom. The number of nitrogen functional groups attached to an aromatic ring is 2. The molecule has 0 spiro atoms. The average Bonchev–Trinajstić information content (AvgIpc) is 2.55. The van der Waals surface area contributed by atoms with Crippen LogP contribution in [-0.4, -0.2) is 23.4 Å². The fourth-order valence-corrected chi connectivity index (χ4v) is 3.42. The molecule has 7 nitrogen and oxygen atoms in total. The highest BCUT2D eigenvalue weighted by molar-refractivity contribution is 7.90. The molecule has 0 radical (unpaired) electrons. The maximum absolute atomic E-state index is 12.5. The molecule has 0 aliphatic carbocycles. The summed E-state index contributed by atoms with van der Waals surface area (Å²) in [5.41, 5.74) is 13.1. The maximum atomic E-state index is 12.5. The van der Waals surface area contributed by atoms with E-state index in [9.17, 15) is 8.42 Å². The normalized spacial score (nSPS) is 11.3. The third kappa shape index (κ3) is 3.49. The summed E-state index contributed by atoms with van der Waals surface area (Å²) in [7, 11) is -3.54. The van der Waals surface area contributed by atoms with E-state index in [-0.39, 0.29) is 16.5 Å². The molecule has 0 saturated heterocycles. The molecule has 0 unspecified atom stereocenters. The maximum Gasteiger partial charge on any atom is 0.184 e. The van der Waals surface area contributed by atoms with Gasteiger partial charge in [0.2, 0.25) is 0 Å². The van der Waals surface area contributed by atoms with E-state index in [2.05, 4.69) is 15.0 Å². The molecular weight excluding hydrogens is 326 g/mol. The fraction of sp³-hybridized carbons (Fsp3) is 0.0625. The SMILES string of the molecule is Nc1ccc(-c2nc(N)cc(CS(=O)(=O)c3ccncc3)n2)cc1. The van der Waals surface area contributed by atoms with E-state index in [0.717, 1.165) is 0 Å². The quantitative estimate of drug-likeness (QED) is 0.691. The van der Waals surface area contributed by atoms with Gasteiger partial charge in [0.1, 0.15) is 5.82 Å². The van der Waals surface area contributed by atoms with Crippen molar-refractivity contribution in [1.29, 1.82) is 0 Å². The number of rotatable bonds is 4. The monoisotopic (exact) mass is 341 g/mol. The van der Waals surface area contributed by atoms with Gasteiger partial charge in [-0.3, -0.25) is 4.98 Å². The van der Waals surface area contributed by atoms with E-state index in [1.165, 1.54) is 30.6 Å². The number of anilines is 2. The summed E-state index contributed by atoms with van der Waals surface area (Å²) in [6.45, 7) is 0. The first-order valence-corrected chi connectivity index (χ1v) is 8.71. The lowest BCUT2D eigenvalue weighted by Crippen LogP contribution is -2.08. The van der Waals surface area contributed by atoms with Crippen LogP contribution in [0, 0.1) is 0 Å². The van der Waals surface area contributed by atoms with Crippen LogP contribution in [-0.2, 0) is 15.6 Å². The minimum atomic E-state index is -3.54. The molecule has 24 heavy (non-hydrogen) atoms. The fourth-order valence-electron chi connectivity index (χ4n) is 2.18. The Bertz CT molecular complexity index is 958. The molecule has 0 amide bonds. The molecule has 2 aromatic heterocycles. The number of sulfone groups is 1. The Hall–Kier alpha value is -3.00. The van der Waals surface area contributed by atoms with E-state index in [0.29, 0.717) is 22.8 Å². The second kappa shape index (κ2) is 6.25. The van der Waals surface area contributed by atoms with Gasteiger partial charge >= 0.3 is 0 Å². The summed E-state index contributed by atoms with van der Waals surface area (Å²) in [5.74, 6) is 0.290. The number of benzene rings is 1. The van der Waals surface area contributed by atoms with Crippen molar-refractivity contribution in [3.8, 4) is 11.4 Å². The third-order valence-corrected chi connectivity index (χ3v) is 4.98. The number of nitrogens with two attached hydrogens (primary N) is 2. The van der Waals surface area contributed by atoms with Crippen LogP contribution in [0.5, 0.6) is 0 Å². The van der Waals surface area contributed by atoms with Crippen molar-refractivity contribution in [2.75, 3.05) is 11.5 Å². The van der Waals surface area contributed by atoms with E-state index in [1.807, 2.05) is 0 Å². The molecule has 2 heterocycles. The highest BCUT2D eigenvalue weighted by Crippen LogP contribution is 2.21. The average molecular weight is 341 g/mol. The van der Waals surface area contributed by atoms with Gasteiger partial charge in [-0.15, -0.1) is 0 Å². The Morgan fingerprint density at radius 2 is 1.58 bits per heavy atom. The van der Waals surface area contributed by atoms with E-state index >= 15 is 0 Å². The standard InChI is InChI=1S/C16H15N5O2S/c17-12-3-1-11(2-4-12)16-20-13(9-15(18)21-16)10-24(22,23)14-5-7-19-8-6-14/h1-9H,10,17H2,(H2,18,20,21). The summed E-state index contributed by atoms with van der Waals surface area (Å²) >= 11 is 0. The van der Waals surface area contributed by atoms with Gasteiger partial charge in [0.15, 0.2) is 15.7 Å². The molecular formula is C16H15N5O2S. The molecule has 0 bridgehead atoms. The van der Waals surface area contributed by atoms with Gasteiger partial charge < -0.3 is 11.5 Å². The molecule has 4 N–H and O–H groups in total. The number of aromatic nitrogens is 3. The molecule has 122 valence electrons. The van der Waals surface area contributed by atoms with E-state index in [4.69, 9.17) is 11.5 Å². The molecule has 0 aliphatic heterocycles. The second-order valence-corrected chi connectivity index (χ2v) is 7.16. The van der Waals surface area contributed by atoms with Crippen LogP contribution in [0.1, 0.15) is 5.69 Å². The third-order valence-electron chi connectivity index (χ3n) is 3.31. The van der Waals surface area contributed by atoms with Crippen LogP contribution in [0.2, 0.25) is 0 Å². The Kier molecular flexibility index (Phi) is 4.13. The van der Waals surface area contributed by atoms with Crippen LogP contribution >= 0.6 is 0 Å². The largest absolute Gasteiger partial charge is 0.399 e. The topological polar surface area (TPSA) is 125 Å². The minimum absolute atomic E-state index is 0.184. The Labute approximate surface area is 139 Å². The predicted octanol–water partition coefficient (Wildman–Crippen LogP) is 1.68. The molecule has 0 saturated carbocycles. The zero-order valence-electron chi connectivity index (χ0n) is 12.6. The van der Waals surface area contributed by atoms with Crippen molar-refractivity contribution in [2.24, 2.45) is 0 Å². The van der Waals surface area contributed by atoms with Crippen molar-refractivity contribution in [3.63, 3.8) is 0 Å². The Morgan fingerprint density at radius 1 is 0.917 bits per heavy atom. The number of hydrogen-bond donors (Lipinski definition) is 2. The molecule has 0 aliphatic rings. The van der Waals surface area contributed by atoms with Gasteiger partial charge in [-0.2, -0.15) is 0 Å². The first-order chi connectivity index (χ1) is 11.4. The predicted molar refractivity (Wildman–Crippen MR) is 91.4 cm³/mol. The van der Waals surface area contributed by atoms with Gasteiger partial charge in [0.25, 0.3) is 0 Å². The summed E-state index contributed by atoms with van der Waals surface area (Å²) in [5, 5.41) is 0. The zero-order valence-corrected chi connectivity index (χ0v) is 13.4. The van der Waals surface area contributed by atoms with Crippen LogP contribution in [0.3, 0.4) is 0 Å². The van der Waals surface area contributed by atoms with Crippen LogP contribution in [0.25, 0.3) is 11.4 Å². The molecule has 8 heteroatoms. The smallest absolute Gasteiger partial charge is 0.184 e. The van der Waals surface area contributed by atoms with Crippen molar-refractivity contribution >= 4 is 21.3 Å². The van der Waals surface area contributed by atoms with Crippen LogP contribution in [0.15, 0.2) is 59.8 Å². The highest BCUT2D eigenvalue weighted by atomic mass is 32.2. The Balaban J connectivity index is 1.96. The summed E-state index contributed by atoms with van der Waals surface area (Å²) in [6, 6.07) is 11.3. The number of pyridine rings is 1. The summed E-state index contributed by atoms with van der Waals surface area (Å²) < 4.78 is 24.9.